The van der Waals surface area contributed by atoms with Gasteiger partial charge in [0.1, 0.15) is 11.5 Å². The number of nitro benzene ring substituents is 1. The summed E-state index contributed by atoms with van der Waals surface area (Å²) in [4.78, 5) is 27.2. The van der Waals surface area contributed by atoms with Crippen molar-refractivity contribution < 1.29 is 18.9 Å². The monoisotopic (exact) mass is 407 g/mol. The molecule has 0 aliphatic carbocycles. The van der Waals surface area contributed by atoms with Crippen LogP contribution in [-0.4, -0.2) is 49.0 Å². The van der Waals surface area contributed by atoms with Crippen LogP contribution in [0.1, 0.15) is 10.6 Å². The van der Waals surface area contributed by atoms with Crippen molar-refractivity contribution in [2.45, 2.75) is 0 Å². The molecule has 0 bridgehead atoms. The molecule has 1 amide bonds. The van der Waals surface area contributed by atoms with Gasteiger partial charge in [-0.05, 0) is 36.4 Å². The van der Waals surface area contributed by atoms with Crippen LogP contribution in [0.15, 0.2) is 65.1 Å². The van der Waals surface area contributed by atoms with Crippen LogP contribution in [0.2, 0.25) is 0 Å². The molecule has 0 spiro atoms. The van der Waals surface area contributed by atoms with Crippen LogP contribution < -0.4 is 9.64 Å². The SMILES string of the molecule is COc1ccccc1N1CCN(C(=O)c2ccc(-c3ccc([N+](=O)[O-])cc3)o2)CC1. The molecule has 1 aliphatic rings. The van der Waals surface area contributed by atoms with Crippen LogP contribution in [0.5, 0.6) is 5.75 Å². The van der Waals surface area contributed by atoms with Crippen LogP contribution in [0, 0.1) is 10.1 Å². The van der Waals surface area contributed by atoms with Crippen molar-refractivity contribution in [2.24, 2.45) is 0 Å². The summed E-state index contributed by atoms with van der Waals surface area (Å²) in [5.74, 6) is 1.41. The zero-order valence-corrected chi connectivity index (χ0v) is 16.5. The lowest BCUT2D eigenvalue weighted by Gasteiger charge is -2.36. The molecule has 8 nitrogen and oxygen atoms in total. The molecule has 0 unspecified atom stereocenters. The number of rotatable bonds is 5. The number of nitro groups is 1. The highest BCUT2D eigenvalue weighted by Gasteiger charge is 2.25. The Labute approximate surface area is 173 Å². The summed E-state index contributed by atoms with van der Waals surface area (Å²) in [6, 6.07) is 17.2. The van der Waals surface area contributed by atoms with Gasteiger partial charge in [-0.3, -0.25) is 14.9 Å². The number of hydrogen-bond donors (Lipinski definition) is 0. The third kappa shape index (κ3) is 3.84. The van der Waals surface area contributed by atoms with E-state index in [0.29, 0.717) is 37.5 Å². The van der Waals surface area contributed by atoms with Gasteiger partial charge in [0.05, 0.1) is 17.7 Å². The largest absolute Gasteiger partial charge is 0.495 e. The predicted octanol–water partition coefficient (Wildman–Crippen LogP) is 3.83. The second kappa shape index (κ2) is 8.28. The fourth-order valence-corrected chi connectivity index (χ4v) is 3.55. The van der Waals surface area contributed by atoms with Gasteiger partial charge in [-0.15, -0.1) is 0 Å². The van der Waals surface area contributed by atoms with E-state index >= 15 is 0 Å². The molecule has 2 aromatic carbocycles. The Bertz CT molecular complexity index is 1050. The van der Waals surface area contributed by atoms with Crippen molar-refractivity contribution in [1.82, 2.24) is 4.90 Å². The Morgan fingerprint density at radius 2 is 1.70 bits per heavy atom. The zero-order chi connectivity index (χ0) is 21.1. The normalized spacial score (nSPS) is 13.9. The fraction of sp³-hybridized carbons (Fsp3) is 0.227. The van der Waals surface area contributed by atoms with Crippen molar-refractivity contribution in [1.29, 1.82) is 0 Å². The molecule has 1 fully saturated rings. The first-order valence-corrected chi connectivity index (χ1v) is 9.59. The topological polar surface area (TPSA) is 89.1 Å². The molecule has 3 aromatic rings. The van der Waals surface area contributed by atoms with Gasteiger partial charge in [0, 0.05) is 43.9 Å². The number of piperazine rings is 1. The number of anilines is 1. The summed E-state index contributed by atoms with van der Waals surface area (Å²) in [5, 5.41) is 10.8. The van der Waals surface area contributed by atoms with Crippen LogP contribution in [-0.2, 0) is 0 Å². The first kappa shape index (κ1) is 19.5. The minimum absolute atomic E-state index is 0.00882. The van der Waals surface area contributed by atoms with Crippen molar-refractivity contribution in [3.8, 4) is 17.1 Å². The lowest BCUT2D eigenvalue weighted by Crippen LogP contribution is -2.48. The molecule has 1 aliphatic heterocycles. The number of methoxy groups -OCH3 is 1. The maximum atomic E-state index is 12.9. The number of carbonyl (C=O) groups is 1. The number of hydrogen-bond acceptors (Lipinski definition) is 6. The molecule has 2 heterocycles. The summed E-state index contributed by atoms with van der Waals surface area (Å²) in [6.07, 6.45) is 0. The third-order valence-corrected chi connectivity index (χ3v) is 5.17. The van der Waals surface area contributed by atoms with Crippen LogP contribution in [0.25, 0.3) is 11.3 Å². The number of ether oxygens (including phenoxy) is 1. The number of amides is 1. The highest BCUT2D eigenvalue weighted by Crippen LogP contribution is 2.29. The lowest BCUT2D eigenvalue weighted by molar-refractivity contribution is -0.384. The summed E-state index contributed by atoms with van der Waals surface area (Å²) < 4.78 is 11.2. The molecular weight excluding hydrogens is 386 g/mol. The maximum absolute atomic E-state index is 12.9. The van der Waals surface area contributed by atoms with Gasteiger partial charge in [0.2, 0.25) is 0 Å². The van der Waals surface area contributed by atoms with Gasteiger partial charge < -0.3 is 19.0 Å². The summed E-state index contributed by atoms with van der Waals surface area (Å²) in [6.45, 7) is 2.54. The number of para-hydroxylation sites is 2. The lowest BCUT2D eigenvalue weighted by atomic mass is 10.1. The highest BCUT2D eigenvalue weighted by atomic mass is 16.6. The summed E-state index contributed by atoms with van der Waals surface area (Å²) in [5.41, 5.74) is 1.71. The van der Waals surface area contributed by atoms with E-state index in [-0.39, 0.29) is 17.4 Å². The van der Waals surface area contributed by atoms with E-state index in [2.05, 4.69) is 4.90 Å². The van der Waals surface area contributed by atoms with Crippen LogP contribution in [0.4, 0.5) is 11.4 Å². The van der Waals surface area contributed by atoms with Crippen LogP contribution >= 0.6 is 0 Å². The molecule has 4 rings (SSSR count). The second-order valence-corrected chi connectivity index (χ2v) is 6.92. The number of benzene rings is 2. The van der Waals surface area contributed by atoms with Gasteiger partial charge in [0.15, 0.2) is 5.76 Å². The number of carbonyl (C=O) groups excluding carboxylic acids is 1. The predicted molar refractivity (Wildman–Crippen MR) is 112 cm³/mol. The average molecular weight is 407 g/mol. The molecular formula is C22H21N3O5. The molecule has 154 valence electrons. The second-order valence-electron chi connectivity index (χ2n) is 6.92. The van der Waals surface area contributed by atoms with E-state index in [1.54, 1.807) is 36.3 Å². The van der Waals surface area contributed by atoms with E-state index in [9.17, 15) is 14.9 Å². The first-order valence-electron chi connectivity index (χ1n) is 9.59. The Kier molecular flexibility index (Phi) is 5.38. The van der Waals surface area contributed by atoms with Gasteiger partial charge in [-0.2, -0.15) is 0 Å². The first-order chi connectivity index (χ1) is 14.6. The van der Waals surface area contributed by atoms with E-state index in [4.69, 9.17) is 9.15 Å². The molecule has 30 heavy (non-hydrogen) atoms. The third-order valence-electron chi connectivity index (χ3n) is 5.17. The standard InChI is InChI=1S/C22H21N3O5/c1-29-20-5-3-2-4-18(20)23-12-14-24(15-13-23)22(26)21-11-10-19(30-21)16-6-8-17(9-7-16)25(27)28/h2-11H,12-15H2,1H3. The van der Waals surface area contributed by atoms with Crippen molar-refractivity contribution >= 4 is 17.3 Å². The molecule has 0 radical (unpaired) electrons. The molecule has 1 aromatic heterocycles. The summed E-state index contributed by atoms with van der Waals surface area (Å²) in [7, 11) is 1.65. The Morgan fingerprint density at radius 1 is 1.00 bits per heavy atom. The zero-order valence-electron chi connectivity index (χ0n) is 16.5. The highest BCUT2D eigenvalue weighted by molar-refractivity contribution is 5.92. The van der Waals surface area contributed by atoms with E-state index in [1.165, 1.54) is 12.1 Å². The molecule has 0 atom stereocenters. The minimum Gasteiger partial charge on any atom is -0.495 e. The van der Waals surface area contributed by atoms with Crippen molar-refractivity contribution in [3.63, 3.8) is 0 Å². The maximum Gasteiger partial charge on any atom is 0.289 e. The van der Waals surface area contributed by atoms with Crippen molar-refractivity contribution in [3.05, 3.63) is 76.5 Å². The molecule has 0 saturated carbocycles. The number of non-ortho nitro benzene ring substituents is 1. The fourth-order valence-electron chi connectivity index (χ4n) is 3.55. The number of nitrogens with zero attached hydrogens (tertiary/aromatic N) is 3. The van der Waals surface area contributed by atoms with Gasteiger partial charge in [-0.1, -0.05) is 12.1 Å². The van der Waals surface area contributed by atoms with Gasteiger partial charge in [0.25, 0.3) is 11.6 Å². The van der Waals surface area contributed by atoms with Crippen molar-refractivity contribution in [2.75, 3.05) is 38.2 Å². The Hall–Kier alpha value is -3.81. The Balaban J connectivity index is 1.42. The van der Waals surface area contributed by atoms with E-state index in [0.717, 1.165) is 11.4 Å². The smallest absolute Gasteiger partial charge is 0.289 e. The van der Waals surface area contributed by atoms with Gasteiger partial charge >= 0.3 is 0 Å². The quantitative estimate of drug-likeness (QED) is 0.472. The molecule has 8 heteroatoms. The Morgan fingerprint density at radius 3 is 2.37 bits per heavy atom. The summed E-state index contributed by atoms with van der Waals surface area (Å²) >= 11 is 0. The van der Waals surface area contributed by atoms with Crippen LogP contribution in [0.3, 0.4) is 0 Å². The number of furan rings is 1. The average Bonchev–Trinajstić information content (AvgIpc) is 3.29. The molecule has 1 saturated heterocycles. The van der Waals surface area contributed by atoms with Gasteiger partial charge in [-0.25, -0.2) is 0 Å². The molecule has 0 N–H and O–H groups in total. The minimum atomic E-state index is -0.453. The van der Waals surface area contributed by atoms with E-state index < -0.39 is 4.92 Å². The van der Waals surface area contributed by atoms with E-state index in [1.807, 2.05) is 24.3 Å².